The second-order valence-electron chi connectivity index (χ2n) is 3.15. The van der Waals surface area contributed by atoms with Crippen LogP contribution in [0.1, 0.15) is 31.1 Å². The van der Waals surface area contributed by atoms with E-state index in [0.717, 1.165) is 0 Å². The average Bonchev–Trinajstić information content (AvgIpc) is 2.17. The fourth-order valence-electron chi connectivity index (χ4n) is 1.13. The predicted octanol–water partition coefficient (Wildman–Crippen LogP) is 2.24. The van der Waals surface area contributed by atoms with Crippen LogP contribution in [0.5, 0.6) is 0 Å². The molecule has 1 aromatic heterocycles. The first-order valence-electron chi connectivity index (χ1n) is 4.50. The topological polar surface area (TPSA) is 46.0 Å². The van der Waals surface area contributed by atoms with Crippen molar-refractivity contribution in [3.8, 4) is 0 Å². The number of aliphatic hydroxyl groups excluding tert-OH is 1. The minimum absolute atomic E-state index is 0.0399. The Morgan fingerprint density at radius 3 is 2.60 bits per heavy atom. The summed E-state index contributed by atoms with van der Waals surface area (Å²) in [6, 6.07) is 0. The van der Waals surface area contributed by atoms with Crippen molar-refractivity contribution in [1.82, 2.24) is 9.97 Å². The molecule has 0 amide bonds. The maximum Gasteiger partial charge on any atom is 0.389 e. The highest BCUT2D eigenvalue weighted by Crippen LogP contribution is 2.25. The molecule has 0 saturated carbocycles. The van der Waals surface area contributed by atoms with Crippen LogP contribution in [0.3, 0.4) is 0 Å². The quantitative estimate of drug-likeness (QED) is 0.846. The summed E-state index contributed by atoms with van der Waals surface area (Å²) in [7, 11) is 0. The fourth-order valence-corrected chi connectivity index (χ4v) is 1.13. The van der Waals surface area contributed by atoms with Gasteiger partial charge in [-0.3, -0.25) is 9.97 Å². The summed E-state index contributed by atoms with van der Waals surface area (Å²) in [5, 5.41) is 9.45. The van der Waals surface area contributed by atoms with E-state index in [0.29, 0.717) is 5.69 Å². The molecule has 1 atom stereocenters. The van der Waals surface area contributed by atoms with E-state index < -0.39 is 18.7 Å². The van der Waals surface area contributed by atoms with E-state index in [2.05, 4.69) is 9.97 Å². The van der Waals surface area contributed by atoms with Gasteiger partial charge in [0.05, 0.1) is 18.0 Å². The third-order valence-electron chi connectivity index (χ3n) is 1.86. The van der Waals surface area contributed by atoms with E-state index in [9.17, 15) is 18.3 Å². The van der Waals surface area contributed by atoms with Crippen molar-refractivity contribution in [3.63, 3.8) is 0 Å². The van der Waals surface area contributed by atoms with Crippen LogP contribution in [0.4, 0.5) is 13.2 Å². The molecule has 3 nitrogen and oxygen atoms in total. The van der Waals surface area contributed by atoms with E-state index in [1.807, 2.05) is 0 Å². The van der Waals surface area contributed by atoms with Gasteiger partial charge in [0, 0.05) is 18.8 Å². The SMILES string of the molecule is OC(CCCC(F)(F)F)c1cnccn1. The smallest absolute Gasteiger partial charge is 0.387 e. The van der Waals surface area contributed by atoms with Gasteiger partial charge in [0.1, 0.15) is 0 Å². The normalized spacial score (nSPS) is 13.9. The fraction of sp³-hybridized carbons (Fsp3) is 0.556. The molecule has 1 N–H and O–H groups in total. The van der Waals surface area contributed by atoms with E-state index in [4.69, 9.17) is 0 Å². The number of alkyl halides is 3. The molecule has 1 rings (SSSR count). The molecule has 0 aliphatic heterocycles. The van der Waals surface area contributed by atoms with Gasteiger partial charge in [-0.25, -0.2) is 0 Å². The zero-order chi connectivity index (χ0) is 11.3. The molecule has 0 aliphatic carbocycles. The van der Waals surface area contributed by atoms with Crippen molar-refractivity contribution in [2.24, 2.45) is 0 Å². The van der Waals surface area contributed by atoms with Crippen molar-refractivity contribution in [2.75, 3.05) is 0 Å². The monoisotopic (exact) mass is 220 g/mol. The summed E-state index contributed by atoms with van der Waals surface area (Å²) in [4.78, 5) is 7.52. The van der Waals surface area contributed by atoms with Crippen molar-refractivity contribution >= 4 is 0 Å². The number of hydrogen-bond acceptors (Lipinski definition) is 3. The van der Waals surface area contributed by atoms with Gasteiger partial charge in [-0.15, -0.1) is 0 Å². The molecule has 0 aliphatic rings. The van der Waals surface area contributed by atoms with E-state index in [1.165, 1.54) is 18.6 Å². The highest BCUT2D eigenvalue weighted by atomic mass is 19.4. The van der Waals surface area contributed by atoms with Crippen LogP contribution in [0.2, 0.25) is 0 Å². The second kappa shape index (κ2) is 5.06. The van der Waals surface area contributed by atoms with E-state index in [-0.39, 0.29) is 12.8 Å². The van der Waals surface area contributed by atoms with E-state index >= 15 is 0 Å². The lowest BCUT2D eigenvalue weighted by Crippen LogP contribution is -2.08. The van der Waals surface area contributed by atoms with Crippen LogP contribution in [-0.4, -0.2) is 21.3 Å². The molecule has 6 heteroatoms. The molecular weight excluding hydrogens is 209 g/mol. The number of nitrogens with zero attached hydrogens (tertiary/aromatic N) is 2. The van der Waals surface area contributed by atoms with Crippen molar-refractivity contribution < 1.29 is 18.3 Å². The number of hydrogen-bond donors (Lipinski definition) is 1. The van der Waals surface area contributed by atoms with Crippen molar-refractivity contribution in [2.45, 2.75) is 31.5 Å². The van der Waals surface area contributed by atoms with Crippen LogP contribution in [0, 0.1) is 0 Å². The standard InChI is InChI=1S/C9H11F3N2O/c10-9(11,12)3-1-2-8(15)7-6-13-4-5-14-7/h4-6,8,15H,1-3H2. The summed E-state index contributed by atoms with van der Waals surface area (Å²) < 4.78 is 35.4. The maximum atomic E-state index is 11.8. The summed E-state index contributed by atoms with van der Waals surface area (Å²) >= 11 is 0. The lowest BCUT2D eigenvalue weighted by molar-refractivity contribution is -0.136. The molecule has 1 unspecified atom stereocenters. The second-order valence-corrected chi connectivity index (χ2v) is 3.15. The van der Waals surface area contributed by atoms with Gasteiger partial charge in [-0.05, 0) is 12.8 Å². The first-order valence-corrected chi connectivity index (χ1v) is 4.50. The largest absolute Gasteiger partial charge is 0.389 e. The van der Waals surface area contributed by atoms with Crippen LogP contribution >= 0.6 is 0 Å². The number of aromatic nitrogens is 2. The zero-order valence-electron chi connectivity index (χ0n) is 7.91. The molecular formula is C9H11F3N2O. The molecule has 0 fully saturated rings. The molecule has 84 valence electrons. The number of rotatable bonds is 4. The van der Waals surface area contributed by atoms with Gasteiger partial charge < -0.3 is 5.11 Å². The molecule has 0 radical (unpaired) electrons. The summed E-state index contributed by atoms with van der Waals surface area (Å²) in [5.41, 5.74) is 0.305. The third-order valence-corrected chi connectivity index (χ3v) is 1.86. The Morgan fingerprint density at radius 2 is 2.07 bits per heavy atom. The molecule has 0 spiro atoms. The van der Waals surface area contributed by atoms with Crippen LogP contribution in [-0.2, 0) is 0 Å². The molecule has 15 heavy (non-hydrogen) atoms. The lowest BCUT2D eigenvalue weighted by atomic mass is 10.1. The lowest BCUT2D eigenvalue weighted by Gasteiger charge is -2.10. The Hall–Kier alpha value is -1.17. The van der Waals surface area contributed by atoms with E-state index in [1.54, 1.807) is 0 Å². The summed E-state index contributed by atoms with van der Waals surface area (Å²) in [6.07, 6.45) is -1.92. The average molecular weight is 220 g/mol. The highest BCUT2D eigenvalue weighted by Gasteiger charge is 2.26. The van der Waals surface area contributed by atoms with Crippen molar-refractivity contribution in [3.05, 3.63) is 24.3 Å². The first kappa shape index (κ1) is 11.9. The Bertz CT molecular complexity index is 289. The van der Waals surface area contributed by atoms with Gasteiger partial charge in [0.2, 0.25) is 0 Å². The molecule has 1 heterocycles. The van der Waals surface area contributed by atoms with Gasteiger partial charge >= 0.3 is 6.18 Å². The number of aliphatic hydroxyl groups is 1. The predicted molar refractivity (Wildman–Crippen MR) is 46.9 cm³/mol. The van der Waals surface area contributed by atoms with Gasteiger partial charge in [0.25, 0.3) is 0 Å². The highest BCUT2D eigenvalue weighted by molar-refractivity contribution is 4.98. The minimum Gasteiger partial charge on any atom is -0.387 e. The minimum atomic E-state index is -4.16. The van der Waals surface area contributed by atoms with Crippen LogP contribution < -0.4 is 0 Å². The Balaban J connectivity index is 2.34. The van der Waals surface area contributed by atoms with Crippen molar-refractivity contribution in [1.29, 1.82) is 0 Å². The zero-order valence-corrected chi connectivity index (χ0v) is 7.91. The van der Waals surface area contributed by atoms with Gasteiger partial charge in [-0.2, -0.15) is 13.2 Å². The van der Waals surface area contributed by atoms with Crippen LogP contribution in [0.15, 0.2) is 18.6 Å². The van der Waals surface area contributed by atoms with Crippen LogP contribution in [0.25, 0.3) is 0 Å². The summed E-state index contributed by atoms with van der Waals surface area (Å²) in [6.45, 7) is 0. The Kier molecular flexibility index (Phi) is 4.02. The van der Waals surface area contributed by atoms with Gasteiger partial charge in [0.15, 0.2) is 0 Å². The molecule has 0 aromatic carbocycles. The van der Waals surface area contributed by atoms with Gasteiger partial charge in [-0.1, -0.05) is 0 Å². The molecule has 0 bridgehead atoms. The summed E-state index contributed by atoms with van der Waals surface area (Å²) in [5.74, 6) is 0. The molecule has 0 saturated heterocycles. The first-order chi connectivity index (χ1) is 6.99. The Morgan fingerprint density at radius 1 is 1.33 bits per heavy atom. The maximum absolute atomic E-state index is 11.8. The third kappa shape index (κ3) is 4.73. The Labute approximate surface area is 85.0 Å². The number of halogens is 3. The molecule has 1 aromatic rings.